The summed E-state index contributed by atoms with van der Waals surface area (Å²) in [5.74, 6) is 1.82. The molecular weight excluding hydrogens is 264 g/mol. The van der Waals surface area contributed by atoms with Crippen LogP contribution in [0.2, 0.25) is 0 Å². The van der Waals surface area contributed by atoms with Crippen molar-refractivity contribution < 1.29 is 10.0 Å². The quantitative estimate of drug-likeness (QED) is 0.567. The van der Waals surface area contributed by atoms with Crippen LogP contribution in [0.5, 0.6) is 0 Å². The van der Waals surface area contributed by atoms with Crippen molar-refractivity contribution in [2.75, 3.05) is 24.2 Å². The molecule has 0 heterocycles. The van der Waals surface area contributed by atoms with Gasteiger partial charge in [-0.1, -0.05) is 13.0 Å². The molecule has 1 rings (SSSR count). The molecule has 0 amide bonds. The van der Waals surface area contributed by atoms with E-state index in [1.807, 2.05) is 19.9 Å². The first kappa shape index (κ1) is 15.8. The van der Waals surface area contributed by atoms with Crippen LogP contribution in [0.3, 0.4) is 0 Å². The van der Waals surface area contributed by atoms with E-state index in [1.54, 1.807) is 23.9 Å². The summed E-state index contributed by atoms with van der Waals surface area (Å²) in [6, 6.07) is 5.28. The zero-order chi connectivity index (χ0) is 14.3. The number of rotatable bonds is 8. The molecule has 1 aromatic carbocycles. The van der Waals surface area contributed by atoms with Gasteiger partial charge in [0, 0.05) is 25.0 Å². The van der Waals surface area contributed by atoms with E-state index in [2.05, 4.69) is 5.32 Å². The monoisotopic (exact) mass is 284 g/mol. The van der Waals surface area contributed by atoms with Crippen LogP contribution in [0.25, 0.3) is 0 Å². The maximum atomic E-state index is 11.0. The van der Waals surface area contributed by atoms with Crippen LogP contribution in [-0.2, 0) is 5.75 Å². The number of hydrogen-bond donors (Lipinski definition) is 2. The van der Waals surface area contributed by atoms with E-state index >= 15 is 0 Å². The fraction of sp³-hybridized carbons (Fsp3) is 0.538. The van der Waals surface area contributed by atoms with Gasteiger partial charge in [0.15, 0.2) is 0 Å². The van der Waals surface area contributed by atoms with E-state index in [0.717, 1.165) is 17.1 Å². The highest BCUT2D eigenvalue weighted by molar-refractivity contribution is 7.98. The topological polar surface area (TPSA) is 75.4 Å². The van der Waals surface area contributed by atoms with Crippen LogP contribution >= 0.6 is 11.8 Å². The van der Waals surface area contributed by atoms with Crippen molar-refractivity contribution in [3.63, 3.8) is 0 Å². The molecule has 0 aliphatic rings. The molecule has 6 heteroatoms. The number of nitro groups is 1. The average molecular weight is 284 g/mol. The molecule has 0 saturated heterocycles. The zero-order valence-corrected chi connectivity index (χ0v) is 12.1. The number of hydrogen-bond acceptors (Lipinski definition) is 5. The smallest absolute Gasteiger partial charge is 0.292 e. The lowest BCUT2D eigenvalue weighted by atomic mass is 10.2. The van der Waals surface area contributed by atoms with E-state index in [9.17, 15) is 10.1 Å². The first-order chi connectivity index (χ1) is 9.08. The number of benzene rings is 1. The second-order valence-electron chi connectivity index (χ2n) is 4.44. The Morgan fingerprint density at radius 2 is 2.26 bits per heavy atom. The van der Waals surface area contributed by atoms with Crippen LogP contribution in [0.15, 0.2) is 18.2 Å². The van der Waals surface area contributed by atoms with Crippen molar-refractivity contribution in [3.8, 4) is 0 Å². The molecule has 0 aliphatic carbocycles. The van der Waals surface area contributed by atoms with Gasteiger partial charge in [-0.05, 0) is 30.2 Å². The Balaban J connectivity index is 2.70. The van der Waals surface area contributed by atoms with Gasteiger partial charge in [0.2, 0.25) is 0 Å². The Labute approximate surface area is 117 Å². The molecule has 0 aromatic heterocycles. The molecule has 1 aromatic rings. The Kier molecular flexibility index (Phi) is 6.66. The van der Waals surface area contributed by atoms with Crippen molar-refractivity contribution in [2.24, 2.45) is 5.92 Å². The molecule has 0 radical (unpaired) electrons. The van der Waals surface area contributed by atoms with E-state index < -0.39 is 0 Å². The summed E-state index contributed by atoms with van der Waals surface area (Å²) in [7, 11) is 0. The fourth-order valence-electron chi connectivity index (χ4n) is 1.59. The van der Waals surface area contributed by atoms with Gasteiger partial charge in [0.05, 0.1) is 4.92 Å². The van der Waals surface area contributed by atoms with Gasteiger partial charge in [-0.3, -0.25) is 10.1 Å². The Hall–Kier alpha value is -1.27. The number of anilines is 1. The van der Waals surface area contributed by atoms with Crippen molar-refractivity contribution in [1.82, 2.24) is 0 Å². The summed E-state index contributed by atoms with van der Waals surface area (Å²) in [5.41, 5.74) is 1.61. The zero-order valence-electron chi connectivity index (χ0n) is 11.3. The standard InChI is InChI=1S/C13H20N2O3S/c1-3-14-12-5-4-11(6-13(12)15(17)18)9-19-8-10(2)7-16/h4-6,10,14,16H,3,7-9H2,1-2H3. The number of nitrogens with zero attached hydrogens (tertiary/aromatic N) is 1. The Bertz CT molecular complexity index is 426. The minimum absolute atomic E-state index is 0.121. The molecule has 5 nitrogen and oxygen atoms in total. The van der Waals surface area contributed by atoms with E-state index in [1.165, 1.54) is 0 Å². The lowest BCUT2D eigenvalue weighted by Crippen LogP contribution is -2.04. The van der Waals surface area contributed by atoms with Crippen LogP contribution in [-0.4, -0.2) is 28.9 Å². The molecule has 106 valence electrons. The van der Waals surface area contributed by atoms with Gasteiger partial charge in [0.25, 0.3) is 5.69 Å². The molecule has 0 saturated carbocycles. The highest BCUT2D eigenvalue weighted by atomic mass is 32.2. The largest absolute Gasteiger partial charge is 0.396 e. The predicted octanol–water partition coefficient (Wildman–Crippen LogP) is 2.89. The number of thioether (sulfide) groups is 1. The average Bonchev–Trinajstić information content (AvgIpc) is 2.40. The molecule has 19 heavy (non-hydrogen) atoms. The lowest BCUT2D eigenvalue weighted by molar-refractivity contribution is -0.384. The highest BCUT2D eigenvalue weighted by Crippen LogP contribution is 2.27. The predicted molar refractivity (Wildman–Crippen MR) is 79.7 cm³/mol. The van der Waals surface area contributed by atoms with E-state index in [4.69, 9.17) is 5.11 Å². The second kappa shape index (κ2) is 8.01. The molecule has 2 N–H and O–H groups in total. The van der Waals surface area contributed by atoms with Gasteiger partial charge in [-0.25, -0.2) is 0 Å². The summed E-state index contributed by atoms with van der Waals surface area (Å²) in [6.45, 7) is 4.71. The molecule has 0 aliphatic heterocycles. The third-order valence-electron chi connectivity index (χ3n) is 2.61. The third kappa shape index (κ3) is 5.08. The van der Waals surface area contributed by atoms with Crippen molar-refractivity contribution in [1.29, 1.82) is 0 Å². The lowest BCUT2D eigenvalue weighted by Gasteiger charge is -2.09. The molecule has 1 unspecified atom stereocenters. The molecule has 0 bridgehead atoms. The summed E-state index contributed by atoms with van der Waals surface area (Å²) >= 11 is 1.68. The molecule has 0 spiro atoms. The third-order valence-corrected chi connectivity index (χ3v) is 3.95. The van der Waals surface area contributed by atoms with Crippen LogP contribution < -0.4 is 5.32 Å². The maximum absolute atomic E-state index is 11.0. The van der Waals surface area contributed by atoms with Gasteiger partial charge >= 0.3 is 0 Å². The van der Waals surface area contributed by atoms with Crippen molar-refractivity contribution in [2.45, 2.75) is 19.6 Å². The minimum Gasteiger partial charge on any atom is -0.396 e. The van der Waals surface area contributed by atoms with Gasteiger partial charge < -0.3 is 10.4 Å². The summed E-state index contributed by atoms with van der Waals surface area (Å²) < 4.78 is 0. The normalized spacial score (nSPS) is 12.2. The Morgan fingerprint density at radius 3 is 2.84 bits per heavy atom. The minimum atomic E-state index is -0.359. The Morgan fingerprint density at radius 1 is 1.53 bits per heavy atom. The van der Waals surface area contributed by atoms with Gasteiger partial charge in [-0.15, -0.1) is 0 Å². The molecule has 1 atom stereocenters. The maximum Gasteiger partial charge on any atom is 0.292 e. The van der Waals surface area contributed by atoms with Crippen molar-refractivity contribution >= 4 is 23.1 Å². The molecule has 0 fully saturated rings. The number of aliphatic hydroxyl groups is 1. The summed E-state index contributed by atoms with van der Waals surface area (Å²) in [6.07, 6.45) is 0. The second-order valence-corrected chi connectivity index (χ2v) is 5.47. The number of aliphatic hydroxyl groups excluding tert-OH is 1. The van der Waals surface area contributed by atoms with E-state index in [-0.39, 0.29) is 23.1 Å². The van der Waals surface area contributed by atoms with Crippen LogP contribution in [0.4, 0.5) is 11.4 Å². The summed E-state index contributed by atoms with van der Waals surface area (Å²) in [4.78, 5) is 10.6. The summed E-state index contributed by atoms with van der Waals surface area (Å²) in [5, 5.41) is 22.9. The first-order valence-electron chi connectivity index (χ1n) is 6.28. The highest BCUT2D eigenvalue weighted by Gasteiger charge is 2.14. The number of nitro benzene ring substituents is 1. The first-order valence-corrected chi connectivity index (χ1v) is 7.43. The van der Waals surface area contributed by atoms with Gasteiger partial charge in [0.1, 0.15) is 5.69 Å². The molecular formula is C13H20N2O3S. The number of nitrogens with one attached hydrogen (secondary N) is 1. The SMILES string of the molecule is CCNc1ccc(CSCC(C)CO)cc1[N+](=O)[O-]. The van der Waals surface area contributed by atoms with Gasteiger partial charge in [-0.2, -0.15) is 11.8 Å². The van der Waals surface area contributed by atoms with Crippen LogP contribution in [0.1, 0.15) is 19.4 Å². The fourth-order valence-corrected chi connectivity index (χ4v) is 2.63. The van der Waals surface area contributed by atoms with Crippen molar-refractivity contribution in [3.05, 3.63) is 33.9 Å². The van der Waals surface area contributed by atoms with Crippen LogP contribution in [0, 0.1) is 16.0 Å². The van der Waals surface area contributed by atoms with E-state index in [0.29, 0.717) is 12.2 Å².